The Morgan fingerprint density at radius 1 is 1.23 bits per heavy atom. The summed E-state index contributed by atoms with van der Waals surface area (Å²) in [6, 6.07) is 9.03. The van der Waals surface area contributed by atoms with E-state index in [0.717, 1.165) is 31.2 Å². The van der Waals surface area contributed by atoms with Crippen LogP contribution < -0.4 is 9.47 Å². The topological polar surface area (TPSA) is 55.8 Å². The van der Waals surface area contributed by atoms with Crippen molar-refractivity contribution in [2.24, 2.45) is 0 Å². The molecule has 162 valence electrons. The number of thiophene rings is 1. The highest BCUT2D eigenvalue weighted by Gasteiger charge is 2.37. The smallest absolute Gasteiger partial charge is 0.353 e. The fourth-order valence-corrected chi connectivity index (χ4v) is 5.80. The van der Waals surface area contributed by atoms with Gasteiger partial charge in [-0.15, -0.1) is 11.3 Å². The number of benzene rings is 1. The Balaban J connectivity index is 1.54. The van der Waals surface area contributed by atoms with Gasteiger partial charge in [0.1, 0.15) is 9.20 Å². The first-order valence-electron chi connectivity index (χ1n) is 10.4. The molecule has 0 bridgehead atoms. The zero-order valence-electron chi connectivity index (χ0n) is 17.2. The lowest BCUT2D eigenvalue weighted by Crippen LogP contribution is -2.39. The summed E-state index contributed by atoms with van der Waals surface area (Å²) >= 11 is 8.18. The summed E-state index contributed by atoms with van der Waals surface area (Å²) < 4.78 is 11.9. The quantitative estimate of drug-likeness (QED) is 0.225. The zero-order valence-corrected chi connectivity index (χ0v) is 19.6. The standard InChI is InChI=1S/C23H23NO4S3/c1-2-27-18-13-15(10-11-17(18)28-22(26)19-9-6-12-30-19)14-20-21(25)24(23(29)31-20)16-7-4-3-5-8-16/h6,9-14,16H,2-5,7-8H2,1H3/b20-14-. The Morgan fingerprint density at radius 2 is 2.03 bits per heavy atom. The molecule has 1 saturated heterocycles. The molecule has 2 heterocycles. The van der Waals surface area contributed by atoms with Crippen molar-refractivity contribution in [2.45, 2.75) is 45.1 Å². The molecule has 2 aliphatic rings. The van der Waals surface area contributed by atoms with Gasteiger partial charge in [0, 0.05) is 6.04 Å². The highest BCUT2D eigenvalue weighted by Crippen LogP contribution is 2.38. The first-order valence-corrected chi connectivity index (χ1v) is 12.5. The molecular weight excluding hydrogens is 450 g/mol. The summed E-state index contributed by atoms with van der Waals surface area (Å²) in [7, 11) is 0. The number of thioether (sulfide) groups is 1. The van der Waals surface area contributed by atoms with Crippen molar-refractivity contribution in [3.05, 3.63) is 51.1 Å². The number of hydrogen-bond acceptors (Lipinski definition) is 7. The number of ether oxygens (including phenoxy) is 2. The van der Waals surface area contributed by atoms with E-state index in [2.05, 4.69) is 0 Å². The van der Waals surface area contributed by atoms with Crippen LogP contribution in [0.3, 0.4) is 0 Å². The molecule has 2 aromatic rings. The van der Waals surface area contributed by atoms with Gasteiger partial charge in [-0.1, -0.05) is 55.4 Å². The van der Waals surface area contributed by atoms with Gasteiger partial charge in [0.15, 0.2) is 11.5 Å². The molecule has 0 unspecified atom stereocenters. The Hall–Kier alpha value is -2.16. The minimum absolute atomic E-state index is 0.0203. The van der Waals surface area contributed by atoms with Crippen LogP contribution in [0, 0.1) is 0 Å². The molecule has 1 aromatic carbocycles. The number of thiocarbonyl (C=S) groups is 1. The van der Waals surface area contributed by atoms with Crippen molar-refractivity contribution >= 4 is 57.6 Å². The van der Waals surface area contributed by atoms with E-state index in [9.17, 15) is 9.59 Å². The minimum Gasteiger partial charge on any atom is -0.490 e. The second kappa shape index (κ2) is 9.97. The Morgan fingerprint density at radius 3 is 2.74 bits per heavy atom. The summed E-state index contributed by atoms with van der Waals surface area (Å²) in [4.78, 5) is 28.3. The molecule has 1 aliphatic heterocycles. The molecule has 4 rings (SSSR count). The van der Waals surface area contributed by atoms with Crippen LogP contribution in [0.1, 0.15) is 54.3 Å². The molecule has 2 fully saturated rings. The van der Waals surface area contributed by atoms with Gasteiger partial charge in [0.2, 0.25) is 0 Å². The van der Waals surface area contributed by atoms with E-state index < -0.39 is 5.97 Å². The molecule has 5 nitrogen and oxygen atoms in total. The third kappa shape index (κ3) is 5.02. The lowest BCUT2D eigenvalue weighted by Gasteiger charge is -2.29. The highest BCUT2D eigenvalue weighted by molar-refractivity contribution is 8.26. The van der Waals surface area contributed by atoms with E-state index in [4.69, 9.17) is 21.7 Å². The number of carbonyl (C=O) groups excluding carboxylic acids is 2. The van der Waals surface area contributed by atoms with Crippen LogP contribution in [-0.4, -0.2) is 33.7 Å². The molecule has 1 aromatic heterocycles. The molecule has 0 radical (unpaired) electrons. The maximum atomic E-state index is 13.0. The van der Waals surface area contributed by atoms with Crippen LogP contribution in [0.15, 0.2) is 40.6 Å². The Labute approximate surface area is 195 Å². The van der Waals surface area contributed by atoms with E-state index >= 15 is 0 Å². The SMILES string of the molecule is CCOc1cc(/C=C2\SC(=S)N(C3CCCCC3)C2=O)ccc1OC(=O)c1cccs1. The fourth-order valence-electron chi connectivity index (χ4n) is 3.80. The van der Waals surface area contributed by atoms with Gasteiger partial charge in [0.25, 0.3) is 5.91 Å². The van der Waals surface area contributed by atoms with Crippen molar-refractivity contribution in [1.82, 2.24) is 4.90 Å². The molecule has 0 N–H and O–H groups in total. The number of esters is 1. The van der Waals surface area contributed by atoms with Crippen LogP contribution in [0.25, 0.3) is 6.08 Å². The maximum absolute atomic E-state index is 13.0. The Bertz CT molecular complexity index is 1010. The molecule has 31 heavy (non-hydrogen) atoms. The number of hydrogen-bond donors (Lipinski definition) is 0. The molecule has 1 saturated carbocycles. The monoisotopic (exact) mass is 473 g/mol. The number of nitrogens with zero attached hydrogens (tertiary/aromatic N) is 1. The van der Waals surface area contributed by atoms with E-state index in [1.165, 1.54) is 29.5 Å². The van der Waals surface area contributed by atoms with Crippen molar-refractivity contribution < 1.29 is 19.1 Å². The van der Waals surface area contributed by atoms with Gasteiger partial charge >= 0.3 is 5.97 Å². The summed E-state index contributed by atoms with van der Waals surface area (Å²) in [6.07, 6.45) is 7.37. The minimum atomic E-state index is -0.419. The molecule has 1 aliphatic carbocycles. The molecule has 8 heteroatoms. The van der Waals surface area contributed by atoms with Crippen molar-refractivity contribution in [3.8, 4) is 11.5 Å². The summed E-state index contributed by atoms with van der Waals surface area (Å²) in [5.41, 5.74) is 0.795. The third-order valence-corrected chi connectivity index (χ3v) is 7.43. The van der Waals surface area contributed by atoms with Crippen LogP contribution >= 0.6 is 35.3 Å². The van der Waals surface area contributed by atoms with Gasteiger partial charge in [-0.3, -0.25) is 9.69 Å². The summed E-state index contributed by atoms with van der Waals surface area (Å²) in [5, 5.41) is 1.83. The maximum Gasteiger partial charge on any atom is 0.353 e. The normalized spacial score (nSPS) is 18.6. The van der Waals surface area contributed by atoms with E-state index in [0.29, 0.717) is 32.2 Å². The molecular formula is C23H23NO4S3. The van der Waals surface area contributed by atoms with Gasteiger partial charge in [-0.25, -0.2) is 4.79 Å². The number of amides is 1. The average Bonchev–Trinajstić information content (AvgIpc) is 3.39. The van der Waals surface area contributed by atoms with E-state index in [1.807, 2.05) is 24.4 Å². The predicted molar refractivity (Wildman–Crippen MR) is 129 cm³/mol. The van der Waals surface area contributed by atoms with Gasteiger partial charge in [-0.2, -0.15) is 0 Å². The van der Waals surface area contributed by atoms with Crippen molar-refractivity contribution in [3.63, 3.8) is 0 Å². The molecule has 0 atom stereocenters. The first kappa shape index (κ1) is 22.0. The highest BCUT2D eigenvalue weighted by atomic mass is 32.2. The largest absolute Gasteiger partial charge is 0.490 e. The van der Waals surface area contributed by atoms with Crippen LogP contribution in [-0.2, 0) is 4.79 Å². The lowest BCUT2D eigenvalue weighted by molar-refractivity contribution is -0.124. The fraction of sp³-hybridized carbons (Fsp3) is 0.348. The summed E-state index contributed by atoms with van der Waals surface area (Å²) in [5.74, 6) is 0.376. The van der Waals surface area contributed by atoms with Crippen molar-refractivity contribution in [1.29, 1.82) is 0 Å². The number of rotatable bonds is 6. The van der Waals surface area contributed by atoms with Crippen LogP contribution in [0.4, 0.5) is 0 Å². The second-order valence-corrected chi connectivity index (χ2v) is 9.97. The van der Waals surface area contributed by atoms with Gasteiger partial charge in [0.05, 0.1) is 11.5 Å². The third-order valence-electron chi connectivity index (χ3n) is 5.25. The molecule has 0 spiro atoms. The zero-order chi connectivity index (χ0) is 21.8. The number of carbonyl (C=O) groups is 2. The van der Waals surface area contributed by atoms with E-state index in [-0.39, 0.29) is 11.9 Å². The van der Waals surface area contributed by atoms with Crippen LogP contribution in [0.2, 0.25) is 0 Å². The second-order valence-electron chi connectivity index (χ2n) is 7.35. The van der Waals surface area contributed by atoms with Crippen LogP contribution in [0.5, 0.6) is 11.5 Å². The van der Waals surface area contributed by atoms with Crippen molar-refractivity contribution in [2.75, 3.05) is 6.61 Å². The lowest BCUT2D eigenvalue weighted by atomic mass is 9.94. The molecule has 1 amide bonds. The summed E-state index contributed by atoms with van der Waals surface area (Å²) in [6.45, 7) is 2.30. The van der Waals surface area contributed by atoms with Gasteiger partial charge in [-0.05, 0) is 55.0 Å². The first-order chi connectivity index (χ1) is 15.1. The predicted octanol–water partition coefficient (Wildman–Crippen LogP) is 5.90. The Kier molecular flexibility index (Phi) is 7.09. The van der Waals surface area contributed by atoms with E-state index in [1.54, 1.807) is 29.2 Å². The average molecular weight is 474 g/mol. The van der Waals surface area contributed by atoms with Gasteiger partial charge < -0.3 is 9.47 Å².